The van der Waals surface area contributed by atoms with Gasteiger partial charge in [-0.3, -0.25) is 0 Å². The van der Waals surface area contributed by atoms with Gasteiger partial charge in [-0.1, -0.05) is 27.2 Å². The Balaban J connectivity index is 3.24. The van der Waals surface area contributed by atoms with Crippen LogP contribution in [0.3, 0.4) is 0 Å². The number of nitrogens with one attached hydrogen (secondary N) is 2. The van der Waals surface area contributed by atoms with Crippen LogP contribution in [0.1, 0.15) is 40.5 Å². The molecule has 2 nitrogen and oxygen atoms in total. The zero-order valence-electron chi connectivity index (χ0n) is 9.69. The lowest BCUT2D eigenvalue weighted by Gasteiger charge is -2.17. The average molecular weight is 186 g/mol. The summed E-state index contributed by atoms with van der Waals surface area (Å²) in [7, 11) is 0. The van der Waals surface area contributed by atoms with Gasteiger partial charge in [-0.2, -0.15) is 0 Å². The van der Waals surface area contributed by atoms with Crippen LogP contribution in [-0.2, 0) is 0 Å². The Kier molecular flexibility index (Phi) is 8.46. The van der Waals surface area contributed by atoms with Crippen LogP contribution in [0.15, 0.2) is 0 Å². The first kappa shape index (κ1) is 12.9. The Labute approximate surface area is 83.5 Å². The van der Waals surface area contributed by atoms with Gasteiger partial charge in [0, 0.05) is 12.6 Å². The van der Waals surface area contributed by atoms with Crippen molar-refractivity contribution in [2.24, 2.45) is 5.92 Å². The highest BCUT2D eigenvalue weighted by Crippen LogP contribution is 1.97. The molecule has 2 atom stereocenters. The van der Waals surface area contributed by atoms with E-state index in [1.165, 1.54) is 12.8 Å². The summed E-state index contributed by atoms with van der Waals surface area (Å²) in [6.07, 6.45) is 2.49. The third-order valence-electron chi connectivity index (χ3n) is 2.39. The SMILES string of the molecule is CCCNCC(C)NCC(C)CC. The Hall–Kier alpha value is -0.0800. The Bertz CT molecular complexity index is 104. The van der Waals surface area contributed by atoms with Crippen LogP contribution in [0.2, 0.25) is 0 Å². The van der Waals surface area contributed by atoms with Crippen molar-refractivity contribution in [1.82, 2.24) is 10.6 Å². The summed E-state index contributed by atoms with van der Waals surface area (Å²) >= 11 is 0. The van der Waals surface area contributed by atoms with Crippen molar-refractivity contribution in [2.75, 3.05) is 19.6 Å². The van der Waals surface area contributed by atoms with Crippen molar-refractivity contribution < 1.29 is 0 Å². The normalized spacial score (nSPS) is 15.7. The first-order valence-electron chi connectivity index (χ1n) is 5.64. The predicted octanol–water partition coefficient (Wildman–Crippen LogP) is 2.01. The molecular weight excluding hydrogens is 160 g/mol. The molecule has 0 saturated heterocycles. The first-order chi connectivity index (χ1) is 6.20. The molecule has 0 aliphatic heterocycles. The van der Waals surface area contributed by atoms with Crippen molar-refractivity contribution in [3.05, 3.63) is 0 Å². The van der Waals surface area contributed by atoms with Crippen LogP contribution >= 0.6 is 0 Å². The Morgan fingerprint density at radius 1 is 1.08 bits per heavy atom. The molecule has 0 aliphatic carbocycles. The van der Waals surface area contributed by atoms with Crippen molar-refractivity contribution in [2.45, 2.75) is 46.6 Å². The minimum Gasteiger partial charge on any atom is -0.315 e. The Morgan fingerprint density at radius 3 is 2.31 bits per heavy atom. The second-order valence-corrected chi connectivity index (χ2v) is 4.03. The molecule has 0 saturated carbocycles. The topological polar surface area (TPSA) is 24.1 Å². The summed E-state index contributed by atoms with van der Waals surface area (Å²) in [5, 5.41) is 6.94. The third kappa shape index (κ3) is 8.26. The molecule has 0 radical (unpaired) electrons. The van der Waals surface area contributed by atoms with Crippen molar-refractivity contribution in [1.29, 1.82) is 0 Å². The van der Waals surface area contributed by atoms with Crippen LogP contribution in [0, 0.1) is 5.92 Å². The maximum absolute atomic E-state index is 3.53. The molecule has 0 spiro atoms. The summed E-state index contributed by atoms with van der Waals surface area (Å²) in [6.45, 7) is 12.3. The lowest BCUT2D eigenvalue weighted by molar-refractivity contribution is 0.436. The van der Waals surface area contributed by atoms with Crippen LogP contribution in [0.5, 0.6) is 0 Å². The van der Waals surface area contributed by atoms with Crippen molar-refractivity contribution >= 4 is 0 Å². The molecule has 2 unspecified atom stereocenters. The van der Waals surface area contributed by atoms with Gasteiger partial charge >= 0.3 is 0 Å². The van der Waals surface area contributed by atoms with Crippen LogP contribution < -0.4 is 10.6 Å². The zero-order chi connectivity index (χ0) is 10.1. The number of hydrogen-bond donors (Lipinski definition) is 2. The standard InChI is InChI=1S/C11H26N2/c1-5-7-12-9-11(4)13-8-10(3)6-2/h10-13H,5-9H2,1-4H3. The zero-order valence-corrected chi connectivity index (χ0v) is 9.69. The second kappa shape index (κ2) is 8.52. The molecule has 13 heavy (non-hydrogen) atoms. The summed E-state index contributed by atoms with van der Waals surface area (Å²) in [5.41, 5.74) is 0. The van der Waals surface area contributed by atoms with Crippen molar-refractivity contribution in [3.8, 4) is 0 Å². The molecule has 2 heteroatoms. The van der Waals surface area contributed by atoms with E-state index in [-0.39, 0.29) is 0 Å². The smallest absolute Gasteiger partial charge is 0.0164 e. The minimum atomic E-state index is 0.598. The van der Waals surface area contributed by atoms with Gasteiger partial charge < -0.3 is 10.6 Å². The maximum atomic E-state index is 3.53. The molecule has 0 aromatic heterocycles. The summed E-state index contributed by atoms with van der Waals surface area (Å²) in [5.74, 6) is 0.800. The van der Waals surface area contributed by atoms with E-state index < -0.39 is 0 Å². The number of hydrogen-bond acceptors (Lipinski definition) is 2. The largest absolute Gasteiger partial charge is 0.315 e. The highest BCUT2D eigenvalue weighted by atomic mass is 15.0. The molecule has 0 heterocycles. The van der Waals surface area contributed by atoms with Crippen LogP contribution in [-0.4, -0.2) is 25.7 Å². The van der Waals surface area contributed by atoms with E-state index in [9.17, 15) is 0 Å². The van der Waals surface area contributed by atoms with Gasteiger partial charge in [0.2, 0.25) is 0 Å². The second-order valence-electron chi connectivity index (χ2n) is 4.03. The fourth-order valence-corrected chi connectivity index (χ4v) is 1.11. The van der Waals surface area contributed by atoms with Crippen LogP contribution in [0.4, 0.5) is 0 Å². The molecule has 0 amide bonds. The van der Waals surface area contributed by atoms with Gasteiger partial charge in [-0.05, 0) is 32.4 Å². The summed E-state index contributed by atoms with van der Waals surface area (Å²) in [4.78, 5) is 0. The highest BCUT2D eigenvalue weighted by molar-refractivity contribution is 4.65. The molecule has 0 aliphatic rings. The van der Waals surface area contributed by atoms with E-state index >= 15 is 0 Å². The monoisotopic (exact) mass is 186 g/mol. The van der Waals surface area contributed by atoms with Gasteiger partial charge in [-0.25, -0.2) is 0 Å². The van der Waals surface area contributed by atoms with E-state index in [0.717, 1.165) is 25.6 Å². The van der Waals surface area contributed by atoms with Crippen molar-refractivity contribution in [3.63, 3.8) is 0 Å². The third-order valence-corrected chi connectivity index (χ3v) is 2.39. The van der Waals surface area contributed by atoms with E-state index in [4.69, 9.17) is 0 Å². The van der Waals surface area contributed by atoms with E-state index in [2.05, 4.69) is 38.3 Å². The lowest BCUT2D eigenvalue weighted by atomic mass is 10.1. The number of rotatable bonds is 8. The van der Waals surface area contributed by atoms with Gasteiger partial charge in [-0.15, -0.1) is 0 Å². The predicted molar refractivity (Wildman–Crippen MR) is 60.1 cm³/mol. The summed E-state index contributed by atoms with van der Waals surface area (Å²) < 4.78 is 0. The molecular formula is C11H26N2. The molecule has 0 aromatic rings. The molecule has 80 valence electrons. The summed E-state index contributed by atoms with van der Waals surface area (Å²) in [6, 6.07) is 0.598. The van der Waals surface area contributed by atoms with Gasteiger partial charge in [0.15, 0.2) is 0 Å². The van der Waals surface area contributed by atoms with Crippen LogP contribution in [0.25, 0.3) is 0 Å². The Morgan fingerprint density at radius 2 is 1.77 bits per heavy atom. The average Bonchev–Trinajstić information content (AvgIpc) is 2.14. The van der Waals surface area contributed by atoms with E-state index in [1.54, 1.807) is 0 Å². The van der Waals surface area contributed by atoms with E-state index in [1.807, 2.05) is 0 Å². The molecule has 2 N–H and O–H groups in total. The first-order valence-corrected chi connectivity index (χ1v) is 5.64. The quantitative estimate of drug-likeness (QED) is 0.567. The molecule has 0 rings (SSSR count). The van der Waals surface area contributed by atoms with Gasteiger partial charge in [0.1, 0.15) is 0 Å². The maximum Gasteiger partial charge on any atom is 0.0164 e. The highest BCUT2D eigenvalue weighted by Gasteiger charge is 2.02. The molecule has 0 bridgehead atoms. The molecule has 0 fully saturated rings. The van der Waals surface area contributed by atoms with Gasteiger partial charge in [0.05, 0.1) is 0 Å². The fourth-order valence-electron chi connectivity index (χ4n) is 1.11. The van der Waals surface area contributed by atoms with E-state index in [0.29, 0.717) is 6.04 Å². The van der Waals surface area contributed by atoms with Gasteiger partial charge in [0.25, 0.3) is 0 Å². The fraction of sp³-hybridized carbons (Fsp3) is 1.00. The lowest BCUT2D eigenvalue weighted by Crippen LogP contribution is -2.38. The minimum absolute atomic E-state index is 0.598. The molecule has 0 aromatic carbocycles.